The highest BCUT2D eigenvalue weighted by Crippen LogP contribution is 2.06. The average Bonchev–Trinajstić information content (AvgIpc) is 2.62. The Balaban J connectivity index is 2.05. The summed E-state index contributed by atoms with van der Waals surface area (Å²) in [7, 11) is 0. The monoisotopic (exact) mass is 243 g/mol. The van der Waals surface area contributed by atoms with E-state index in [1.165, 1.54) is 17.1 Å². The molecule has 0 saturated carbocycles. The SMILES string of the molecule is O=C1C=CCCCN1C(=O)C=Cc1cnccn1. The molecular weight excluding hydrogens is 230 g/mol. The van der Waals surface area contributed by atoms with Crippen molar-refractivity contribution < 1.29 is 9.59 Å². The molecule has 2 heterocycles. The molecule has 0 bridgehead atoms. The second-order valence-corrected chi connectivity index (χ2v) is 3.84. The van der Waals surface area contributed by atoms with Gasteiger partial charge in [-0.3, -0.25) is 24.5 Å². The third-order valence-corrected chi connectivity index (χ3v) is 2.52. The van der Waals surface area contributed by atoms with Gasteiger partial charge in [-0.15, -0.1) is 0 Å². The van der Waals surface area contributed by atoms with Crippen LogP contribution < -0.4 is 0 Å². The van der Waals surface area contributed by atoms with Gasteiger partial charge in [0.2, 0.25) is 0 Å². The number of aromatic nitrogens is 2. The predicted octanol–water partition coefficient (Wildman–Crippen LogP) is 1.19. The van der Waals surface area contributed by atoms with Crippen molar-refractivity contribution in [3.63, 3.8) is 0 Å². The Bertz CT molecular complexity index is 494. The molecule has 1 aromatic rings. The van der Waals surface area contributed by atoms with Crippen LogP contribution in [0, 0.1) is 0 Å². The maximum atomic E-state index is 11.9. The van der Waals surface area contributed by atoms with E-state index in [0.29, 0.717) is 12.2 Å². The molecule has 18 heavy (non-hydrogen) atoms. The second kappa shape index (κ2) is 5.86. The molecule has 0 aliphatic carbocycles. The number of imide groups is 1. The van der Waals surface area contributed by atoms with Crippen molar-refractivity contribution in [2.24, 2.45) is 0 Å². The first-order valence-corrected chi connectivity index (χ1v) is 5.73. The molecule has 5 nitrogen and oxygen atoms in total. The van der Waals surface area contributed by atoms with Crippen LogP contribution in [0.25, 0.3) is 6.08 Å². The number of hydrogen-bond acceptors (Lipinski definition) is 4. The smallest absolute Gasteiger partial charge is 0.253 e. The minimum Gasteiger partial charge on any atom is -0.275 e. The molecule has 0 aromatic carbocycles. The molecule has 5 heteroatoms. The van der Waals surface area contributed by atoms with E-state index in [1.54, 1.807) is 30.7 Å². The average molecular weight is 243 g/mol. The van der Waals surface area contributed by atoms with E-state index in [-0.39, 0.29) is 11.8 Å². The van der Waals surface area contributed by atoms with Crippen LogP contribution in [0.1, 0.15) is 18.5 Å². The number of amides is 2. The van der Waals surface area contributed by atoms with E-state index < -0.39 is 0 Å². The van der Waals surface area contributed by atoms with Crippen LogP contribution in [0.3, 0.4) is 0 Å². The number of rotatable bonds is 2. The maximum Gasteiger partial charge on any atom is 0.253 e. The Kier molecular flexibility index (Phi) is 3.96. The summed E-state index contributed by atoms with van der Waals surface area (Å²) in [4.78, 5) is 32.6. The van der Waals surface area contributed by atoms with Crippen LogP contribution >= 0.6 is 0 Å². The van der Waals surface area contributed by atoms with Crippen LogP contribution in [-0.2, 0) is 9.59 Å². The third kappa shape index (κ3) is 3.10. The summed E-state index contributed by atoms with van der Waals surface area (Å²) in [6, 6.07) is 0. The molecule has 0 fully saturated rings. The molecule has 1 aliphatic heterocycles. The van der Waals surface area contributed by atoms with Crippen LogP contribution in [0.5, 0.6) is 0 Å². The fourth-order valence-electron chi connectivity index (χ4n) is 1.61. The summed E-state index contributed by atoms with van der Waals surface area (Å²) in [5.41, 5.74) is 0.587. The van der Waals surface area contributed by atoms with Crippen LogP contribution in [-0.4, -0.2) is 33.2 Å². The summed E-state index contributed by atoms with van der Waals surface area (Å²) in [5, 5.41) is 0. The highest BCUT2D eigenvalue weighted by atomic mass is 16.2. The molecule has 2 rings (SSSR count). The second-order valence-electron chi connectivity index (χ2n) is 3.84. The van der Waals surface area contributed by atoms with Crippen molar-refractivity contribution in [2.75, 3.05) is 6.54 Å². The molecule has 0 N–H and O–H groups in total. The Labute approximate surface area is 105 Å². The van der Waals surface area contributed by atoms with E-state index in [4.69, 9.17) is 0 Å². The van der Waals surface area contributed by atoms with Gasteiger partial charge < -0.3 is 0 Å². The van der Waals surface area contributed by atoms with Gasteiger partial charge in [0.05, 0.1) is 11.9 Å². The van der Waals surface area contributed by atoms with Crippen molar-refractivity contribution in [2.45, 2.75) is 12.8 Å². The Morgan fingerprint density at radius 2 is 2.28 bits per heavy atom. The zero-order valence-corrected chi connectivity index (χ0v) is 9.82. The standard InChI is InChI=1S/C13H13N3O2/c17-12-4-2-1-3-9-16(12)13(18)6-5-11-10-14-7-8-15-11/h2,4-8,10H,1,3,9H2. The lowest BCUT2D eigenvalue weighted by atomic mass is 10.3. The predicted molar refractivity (Wildman–Crippen MR) is 66.2 cm³/mol. The highest BCUT2D eigenvalue weighted by molar-refractivity contribution is 6.06. The van der Waals surface area contributed by atoms with E-state index >= 15 is 0 Å². The quantitative estimate of drug-likeness (QED) is 0.732. The topological polar surface area (TPSA) is 63.2 Å². The van der Waals surface area contributed by atoms with Crippen LogP contribution in [0.4, 0.5) is 0 Å². The largest absolute Gasteiger partial charge is 0.275 e. The van der Waals surface area contributed by atoms with Gasteiger partial charge in [0, 0.05) is 25.0 Å². The van der Waals surface area contributed by atoms with Gasteiger partial charge in [-0.25, -0.2) is 0 Å². The van der Waals surface area contributed by atoms with Gasteiger partial charge in [0.15, 0.2) is 0 Å². The first kappa shape index (κ1) is 12.2. The minimum absolute atomic E-state index is 0.263. The number of carbonyl (C=O) groups is 2. The molecule has 0 radical (unpaired) electrons. The van der Waals surface area contributed by atoms with Crippen molar-refractivity contribution in [3.05, 3.63) is 42.5 Å². The summed E-state index contributed by atoms with van der Waals surface area (Å²) in [6.07, 6.45) is 12.4. The maximum absolute atomic E-state index is 11.9. The minimum atomic E-state index is -0.322. The van der Waals surface area contributed by atoms with E-state index in [2.05, 4.69) is 9.97 Å². The zero-order valence-electron chi connectivity index (χ0n) is 9.82. The fraction of sp³-hybridized carbons (Fsp3) is 0.231. The normalized spacial score (nSPS) is 16.0. The van der Waals surface area contributed by atoms with Gasteiger partial charge >= 0.3 is 0 Å². The summed E-state index contributed by atoms with van der Waals surface area (Å²) in [6.45, 7) is 0.454. The Morgan fingerprint density at radius 1 is 1.39 bits per heavy atom. The molecule has 0 spiro atoms. The zero-order chi connectivity index (χ0) is 12.8. The van der Waals surface area contributed by atoms with Crippen LogP contribution in [0.15, 0.2) is 36.8 Å². The molecule has 0 atom stereocenters. The lowest BCUT2D eigenvalue weighted by molar-refractivity contribution is -0.138. The molecule has 92 valence electrons. The van der Waals surface area contributed by atoms with Crippen LogP contribution in [0.2, 0.25) is 0 Å². The molecule has 0 unspecified atom stereocenters. The van der Waals surface area contributed by atoms with Crippen molar-refractivity contribution in [1.29, 1.82) is 0 Å². The number of carbonyl (C=O) groups excluding carboxylic acids is 2. The molecule has 1 aliphatic rings. The van der Waals surface area contributed by atoms with Crippen molar-refractivity contribution >= 4 is 17.9 Å². The van der Waals surface area contributed by atoms with Gasteiger partial charge in [-0.05, 0) is 25.0 Å². The molecule has 0 saturated heterocycles. The van der Waals surface area contributed by atoms with Crippen molar-refractivity contribution in [3.8, 4) is 0 Å². The third-order valence-electron chi connectivity index (χ3n) is 2.52. The number of nitrogens with zero attached hydrogens (tertiary/aromatic N) is 3. The van der Waals surface area contributed by atoms with Gasteiger partial charge in [-0.1, -0.05) is 6.08 Å². The number of allylic oxidation sites excluding steroid dienone is 1. The summed E-state index contributed by atoms with van der Waals surface area (Å²) >= 11 is 0. The lowest BCUT2D eigenvalue weighted by Gasteiger charge is -2.15. The number of hydrogen-bond donors (Lipinski definition) is 0. The molecule has 2 amide bonds. The summed E-state index contributed by atoms with van der Waals surface area (Å²) < 4.78 is 0. The highest BCUT2D eigenvalue weighted by Gasteiger charge is 2.17. The van der Waals surface area contributed by atoms with E-state index in [1.807, 2.05) is 0 Å². The van der Waals surface area contributed by atoms with E-state index in [9.17, 15) is 9.59 Å². The van der Waals surface area contributed by atoms with Crippen molar-refractivity contribution in [1.82, 2.24) is 14.9 Å². The molecule has 1 aromatic heterocycles. The van der Waals surface area contributed by atoms with E-state index in [0.717, 1.165) is 12.8 Å². The molecular formula is C13H13N3O2. The Morgan fingerprint density at radius 3 is 3.06 bits per heavy atom. The summed E-state index contributed by atoms with van der Waals surface area (Å²) in [5.74, 6) is -0.585. The van der Waals surface area contributed by atoms with Gasteiger partial charge in [0.25, 0.3) is 11.8 Å². The van der Waals surface area contributed by atoms with Gasteiger partial charge in [-0.2, -0.15) is 0 Å². The first-order valence-electron chi connectivity index (χ1n) is 5.73. The Hall–Kier alpha value is -2.30. The van der Waals surface area contributed by atoms with Gasteiger partial charge in [0.1, 0.15) is 0 Å². The lowest BCUT2D eigenvalue weighted by Crippen LogP contribution is -2.34. The fourth-order valence-corrected chi connectivity index (χ4v) is 1.61. The first-order chi connectivity index (χ1) is 8.77.